The molecule has 1 N–H and O–H groups in total. The van der Waals surface area contributed by atoms with E-state index in [1.54, 1.807) is 12.1 Å². The van der Waals surface area contributed by atoms with Crippen LogP contribution in [-0.2, 0) is 44.3 Å². The minimum atomic E-state index is 0. The standard InChI is InChI=1S/C8H20N.C7H8O.5CO.Mo/c1-5-9(6-2,7-3)8-4;1-6-3-2-4-7(8)5-6;5*1-2;/h5-8H2,1-4H3;2-5,8H,1H3;;;;;;/q+1;;;;;;;. The van der Waals surface area contributed by atoms with Crippen molar-refractivity contribution >= 4 is 0 Å². The van der Waals surface area contributed by atoms with Gasteiger partial charge in [0.05, 0.1) is 26.2 Å². The van der Waals surface area contributed by atoms with E-state index >= 15 is 0 Å². The van der Waals surface area contributed by atoms with Gasteiger partial charge in [-0.15, -0.1) is 0 Å². The summed E-state index contributed by atoms with van der Waals surface area (Å²) in [5.74, 6) is 0.338. The summed E-state index contributed by atoms with van der Waals surface area (Å²) in [6.07, 6.45) is 0. The molecule has 0 aromatic heterocycles. The Labute approximate surface area is 183 Å². The van der Waals surface area contributed by atoms with Crippen LogP contribution >= 0.6 is 0 Å². The molecule has 8 heteroatoms. The summed E-state index contributed by atoms with van der Waals surface area (Å²) in [5, 5.41) is 8.81. The van der Waals surface area contributed by atoms with E-state index in [0.717, 1.165) is 5.56 Å². The third-order valence-corrected chi connectivity index (χ3v) is 3.68. The Kier molecular flexibility index (Phi) is 72.1. The summed E-state index contributed by atoms with van der Waals surface area (Å²) in [6, 6.07) is 7.15. The van der Waals surface area contributed by atoms with E-state index in [4.69, 9.17) is 28.4 Å². The fourth-order valence-corrected chi connectivity index (χ4v) is 1.97. The summed E-state index contributed by atoms with van der Waals surface area (Å²) < 4.78 is 38.8. The number of rotatable bonds is 4. The molecule has 0 amide bonds. The Morgan fingerprint density at radius 2 is 1.00 bits per heavy atom. The molecule has 1 aromatic carbocycles. The second kappa shape index (κ2) is 44.6. The molecule has 0 aliphatic rings. The molecule has 0 saturated carbocycles. The van der Waals surface area contributed by atoms with Gasteiger partial charge in [-0.1, -0.05) is 12.1 Å². The molecule has 154 valence electrons. The quantitative estimate of drug-likeness (QED) is 0.306. The normalized spacial score (nSPS) is 6.82. The van der Waals surface area contributed by atoms with Crippen molar-refractivity contribution in [2.24, 2.45) is 0 Å². The zero-order valence-corrected chi connectivity index (χ0v) is 19.0. The molecule has 0 aliphatic heterocycles. The minimum Gasteiger partial charge on any atom is 0 e. The molecule has 0 bridgehead atoms. The van der Waals surface area contributed by atoms with Crippen molar-refractivity contribution in [3.63, 3.8) is 0 Å². The molecule has 0 unspecified atom stereocenters. The first-order valence-electron chi connectivity index (χ1n) is 7.66. The average molecular weight is 474 g/mol. The van der Waals surface area contributed by atoms with E-state index in [1.165, 1.54) is 30.7 Å². The predicted octanol–water partition coefficient (Wildman–Crippen LogP) is 3.39. The third-order valence-electron chi connectivity index (χ3n) is 3.68. The number of aryl methyl sites for hydroxylation is 1. The largest absolute Gasteiger partial charge is 0 e. The first-order chi connectivity index (χ1) is 13.0. The van der Waals surface area contributed by atoms with Crippen LogP contribution in [0.1, 0.15) is 33.3 Å². The molecule has 1 aromatic rings. The molecule has 0 heterocycles. The van der Waals surface area contributed by atoms with E-state index in [-0.39, 0.29) is 21.1 Å². The van der Waals surface area contributed by atoms with Gasteiger partial charge in [-0.3, -0.25) is 0 Å². The maximum absolute atomic E-state index is 8.81. The predicted molar refractivity (Wildman–Crippen MR) is 94.9 cm³/mol. The van der Waals surface area contributed by atoms with Gasteiger partial charge >= 0.3 is 56.5 Å². The molecule has 1 rings (SSSR count). The SMILES string of the molecule is CC[N+](CC)(CC)CC.Cc1cccc(O)c1.[C-]#[O+].[C-]#[O+].[C-]#[O+].[C-]#[O+].[C-]#[O+].[Mo]. The van der Waals surface area contributed by atoms with Gasteiger partial charge in [0, 0.05) is 21.1 Å². The molecule has 0 fully saturated rings. The molecule has 0 atom stereocenters. The van der Waals surface area contributed by atoms with Gasteiger partial charge < -0.3 is 9.59 Å². The monoisotopic (exact) mass is 476 g/mol. The Hall–Kier alpha value is -1.63. The van der Waals surface area contributed by atoms with Crippen LogP contribution in [-0.4, -0.2) is 35.8 Å². The first-order valence-corrected chi connectivity index (χ1v) is 7.66. The third kappa shape index (κ3) is 32.1. The second-order valence-corrected chi connectivity index (χ2v) is 4.45. The van der Waals surface area contributed by atoms with Crippen molar-refractivity contribution in [3.05, 3.63) is 63.1 Å². The van der Waals surface area contributed by atoms with Crippen LogP contribution in [0.2, 0.25) is 0 Å². The Bertz CT molecular complexity index is 436. The maximum Gasteiger partial charge on any atom is 0 e. The topological polar surface area (TPSA) is 120 Å². The average Bonchev–Trinajstić information content (AvgIpc) is 2.78. The van der Waals surface area contributed by atoms with E-state index in [9.17, 15) is 0 Å². The van der Waals surface area contributed by atoms with E-state index < -0.39 is 0 Å². The number of hydrogen-bond donors (Lipinski definition) is 1. The number of hydrogen-bond acceptors (Lipinski definition) is 1. The van der Waals surface area contributed by atoms with E-state index in [2.05, 4.69) is 60.9 Å². The number of aromatic hydroxyl groups is 1. The number of phenols is 1. The Morgan fingerprint density at radius 3 is 1.11 bits per heavy atom. The summed E-state index contributed by atoms with van der Waals surface area (Å²) in [6.45, 7) is 38.7. The van der Waals surface area contributed by atoms with Crippen molar-refractivity contribution in [2.75, 3.05) is 26.2 Å². The van der Waals surface area contributed by atoms with Crippen molar-refractivity contribution in [1.29, 1.82) is 0 Å². The van der Waals surface area contributed by atoms with Crippen LogP contribution in [0.3, 0.4) is 0 Å². The zero-order chi connectivity index (χ0) is 23.3. The summed E-state index contributed by atoms with van der Waals surface area (Å²) in [5.41, 5.74) is 1.09. The molecule has 0 saturated heterocycles. The Morgan fingerprint density at radius 1 is 0.714 bits per heavy atom. The fraction of sp³-hybridized carbons (Fsp3) is 0.450. The fourth-order valence-electron chi connectivity index (χ4n) is 1.97. The van der Waals surface area contributed by atoms with E-state index in [0.29, 0.717) is 5.75 Å². The molecule has 0 aliphatic carbocycles. The summed E-state index contributed by atoms with van der Waals surface area (Å²) in [7, 11) is 0. The smallest absolute Gasteiger partial charge is 0 e. The van der Waals surface area contributed by atoms with Gasteiger partial charge in [0.2, 0.25) is 0 Å². The number of benzene rings is 1. The maximum atomic E-state index is 8.81. The van der Waals surface area contributed by atoms with Crippen molar-refractivity contribution in [3.8, 4) is 5.75 Å². The van der Waals surface area contributed by atoms with Crippen molar-refractivity contribution < 1.29 is 53.9 Å². The molecular weight excluding hydrogens is 446 g/mol. The van der Waals surface area contributed by atoms with Crippen LogP contribution in [0.25, 0.3) is 0 Å². The van der Waals surface area contributed by atoms with Crippen molar-refractivity contribution in [1.82, 2.24) is 0 Å². The number of quaternary nitrogens is 1. The van der Waals surface area contributed by atoms with Crippen LogP contribution in [0.4, 0.5) is 0 Å². The second-order valence-electron chi connectivity index (χ2n) is 4.45. The molecule has 7 nitrogen and oxygen atoms in total. The number of nitrogens with zero attached hydrogens (tertiary/aromatic N) is 1. The minimum absolute atomic E-state index is 0. The van der Waals surface area contributed by atoms with Gasteiger partial charge in [0.25, 0.3) is 0 Å². The molecular formula is C20H28MoNO6+. The van der Waals surface area contributed by atoms with E-state index in [1.807, 2.05) is 19.1 Å². The molecule has 0 radical (unpaired) electrons. The zero-order valence-electron chi connectivity index (χ0n) is 17.0. The summed E-state index contributed by atoms with van der Waals surface area (Å²) >= 11 is 0. The summed E-state index contributed by atoms with van der Waals surface area (Å²) in [4.78, 5) is 0. The molecule has 28 heavy (non-hydrogen) atoms. The van der Waals surface area contributed by atoms with Crippen LogP contribution < -0.4 is 0 Å². The van der Waals surface area contributed by atoms with Gasteiger partial charge in [-0.05, 0) is 52.3 Å². The van der Waals surface area contributed by atoms with Gasteiger partial charge in [0.15, 0.2) is 0 Å². The van der Waals surface area contributed by atoms with Crippen LogP contribution in [0.5, 0.6) is 5.75 Å². The van der Waals surface area contributed by atoms with Crippen molar-refractivity contribution in [2.45, 2.75) is 34.6 Å². The molecule has 0 spiro atoms. The van der Waals surface area contributed by atoms with Gasteiger partial charge in [0.1, 0.15) is 5.75 Å². The Balaban J connectivity index is -0.0000000426. The number of phenolic OH excluding ortho intramolecular Hbond substituents is 1. The first kappa shape index (κ1) is 45.2. The van der Waals surface area contributed by atoms with Gasteiger partial charge in [-0.25, -0.2) is 0 Å². The van der Waals surface area contributed by atoms with Crippen LogP contribution in [0.15, 0.2) is 24.3 Å². The van der Waals surface area contributed by atoms with Crippen LogP contribution in [0, 0.1) is 40.2 Å². The van der Waals surface area contributed by atoms with Gasteiger partial charge in [-0.2, -0.15) is 0 Å².